The predicted octanol–water partition coefficient (Wildman–Crippen LogP) is 18.9. The quantitative estimate of drug-likeness (QED) is 0.142. The average Bonchev–Trinajstić information content (AvgIpc) is 3.80. The van der Waals surface area contributed by atoms with Gasteiger partial charge in [0.25, 0.3) is 0 Å². The lowest BCUT2D eigenvalue weighted by molar-refractivity contribution is 0.670. The van der Waals surface area contributed by atoms with Crippen LogP contribution in [-0.4, -0.2) is 0 Å². The molecule has 0 saturated heterocycles. The van der Waals surface area contributed by atoms with Gasteiger partial charge in [-0.25, -0.2) is 0 Å². The lowest BCUT2D eigenvalue weighted by atomic mass is 9.85. The summed E-state index contributed by atoms with van der Waals surface area (Å²) < 4.78 is 6.50. The highest BCUT2D eigenvalue weighted by Crippen LogP contribution is 2.47. The highest BCUT2D eigenvalue weighted by atomic mass is 16.3. The lowest BCUT2D eigenvalue weighted by Crippen LogP contribution is -2.10. The van der Waals surface area contributed by atoms with E-state index in [-0.39, 0.29) is 0 Å². The fraction of sp³-hybridized carbons (Fsp3) is 0. The Morgan fingerprint density at radius 2 is 0.735 bits per heavy atom. The van der Waals surface area contributed by atoms with E-state index >= 15 is 0 Å². The minimum atomic E-state index is 0.899. The molecule has 318 valence electrons. The second-order valence-electron chi connectivity index (χ2n) is 17.6. The van der Waals surface area contributed by atoms with E-state index in [1.165, 1.54) is 71.3 Å². The second kappa shape index (κ2) is 16.5. The number of rotatable bonds is 8. The van der Waals surface area contributed by atoms with Crippen molar-refractivity contribution in [1.82, 2.24) is 0 Å². The maximum atomic E-state index is 6.50. The smallest absolute Gasteiger partial charge is 0.143 e. The molecule has 2 heteroatoms. The van der Waals surface area contributed by atoms with Gasteiger partial charge in [0, 0.05) is 33.4 Å². The molecule has 0 unspecified atom stereocenters. The van der Waals surface area contributed by atoms with Crippen molar-refractivity contribution in [3.8, 4) is 55.6 Å². The van der Waals surface area contributed by atoms with Crippen LogP contribution in [0.1, 0.15) is 0 Å². The normalized spacial score (nSPS) is 11.5. The molecule has 0 aliphatic carbocycles. The molecule has 12 aromatic carbocycles. The van der Waals surface area contributed by atoms with Gasteiger partial charge in [-0.1, -0.05) is 212 Å². The van der Waals surface area contributed by atoms with E-state index in [2.05, 4.69) is 254 Å². The molecule has 0 radical (unpaired) electrons. The van der Waals surface area contributed by atoms with Crippen LogP contribution in [0.25, 0.3) is 110 Å². The van der Waals surface area contributed by atoms with Crippen LogP contribution in [0.15, 0.2) is 265 Å². The summed E-state index contributed by atoms with van der Waals surface area (Å²) >= 11 is 0. The van der Waals surface area contributed by atoms with E-state index in [0.29, 0.717) is 0 Å². The molecule has 1 aromatic heterocycles. The van der Waals surface area contributed by atoms with Crippen molar-refractivity contribution < 1.29 is 4.42 Å². The minimum Gasteiger partial charge on any atom is -0.455 e. The summed E-state index contributed by atoms with van der Waals surface area (Å²) in [5.41, 5.74) is 16.8. The van der Waals surface area contributed by atoms with Gasteiger partial charge in [-0.2, -0.15) is 0 Å². The number of para-hydroxylation sites is 2. The number of furan rings is 1. The Morgan fingerprint density at radius 1 is 0.250 bits per heavy atom. The molecule has 0 bridgehead atoms. The first kappa shape index (κ1) is 39.4. The summed E-state index contributed by atoms with van der Waals surface area (Å²) in [6, 6.07) is 94.5. The van der Waals surface area contributed by atoms with Crippen molar-refractivity contribution in [2.24, 2.45) is 0 Å². The molecule has 2 nitrogen and oxygen atoms in total. The van der Waals surface area contributed by atoms with Crippen LogP contribution < -0.4 is 4.90 Å². The Hall–Kier alpha value is -8.98. The Morgan fingerprint density at radius 3 is 1.43 bits per heavy atom. The van der Waals surface area contributed by atoms with Crippen LogP contribution in [0.2, 0.25) is 0 Å². The molecule has 13 rings (SSSR count). The topological polar surface area (TPSA) is 16.4 Å². The summed E-state index contributed by atoms with van der Waals surface area (Å²) in [5, 5.41) is 9.66. The van der Waals surface area contributed by atoms with E-state index < -0.39 is 0 Å². The molecular formula is C66H43NO. The van der Waals surface area contributed by atoms with Crippen molar-refractivity contribution in [3.63, 3.8) is 0 Å². The Labute approximate surface area is 395 Å². The highest BCUT2D eigenvalue weighted by Gasteiger charge is 2.21. The molecule has 0 atom stereocenters. The third-order valence-corrected chi connectivity index (χ3v) is 13.7. The van der Waals surface area contributed by atoms with Crippen molar-refractivity contribution in [2.75, 3.05) is 4.90 Å². The second-order valence-corrected chi connectivity index (χ2v) is 17.6. The number of nitrogens with zero attached hydrogens (tertiary/aromatic N) is 1. The SMILES string of the molecule is c1ccc(-c2c(-c3ccccc3)c3cc(N(c4ccc(-c5ccc(-c6ccc7ccccc7c6)cc5)cc4)c4ccc(-c5cccc6c5oc5ccccc56)cc4)ccc3c3ccccc23)cc1. The van der Waals surface area contributed by atoms with Gasteiger partial charge >= 0.3 is 0 Å². The van der Waals surface area contributed by atoms with Crippen LogP contribution in [-0.2, 0) is 0 Å². The molecule has 13 aromatic rings. The molecule has 0 spiro atoms. The molecule has 0 fully saturated rings. The fourth-order valence-corrected chi connectivity index (χ4v) is 10.4. The Balaban J connectivity index is 0.958. The molecule has 0 N–H and O–H groups in total. The molecule has 0 amide bonds. The number of benzene rings is 12. The van der Waals surface area contributed by atoms with Crippen molar-refractivity contribution >= 4 is 71.3 Å². The van der Waals surface area contributed by atoms with Gasteiger partial charge in [0.15, 0.2) is 0 Å². The highest BCUT2D eigenvalue weighted by molar-refractivity contribution is 6.22. The first-order valence-electron chi connectivity index (χ1n) is 23.3. The van der Waals surface area contributed by atoms with Gasteiger partial charge in [0.05, 0.1) is 0 Å². The average molecular weight is 866 g/mol. The lowest BCUT2D eigenvalue weighted by Gasteiger charge is -2.27. The van der Waals surface area contributed by atoms with E-state index in [0.717, 1.165) is 55.7 Å². The molecule has 0 aliphatic rings. The summed E-state index contributed by atoms with van der Waals surface area (Å²) in [6.07, 6.45) is 0. The molecule has 0 saturated carbocycles. The molecular weight excluding hydrogens is 823 g/mol. The summed E-state index contributed by atoms with van der Waals surface area (Å²) in [6.45, 7) is 0. The van der Waals surface area contributed by atoms with Crippen molar-refractivity contribution in [3.05, 3.63) is 261 Å². The van der Waals surface area contributed by atoms with Gasteiger partial charge in [0.1, 0.15) is 11.2 Å². The summed E-state index contributed by atoms with van der Waals surface area (Å²) in [7, 11) is 0. The van der Waals surface area contributed by atoms with Gasteiger partial charge in [0.2, 0.25) is 0 Å². The third-order valence-electron chi connectivity index (χ3n) is 13.7. The van der Waals surface area contributed by atoms with E-state index in [9.17, 15) is 0 Å². The zero-order chi connectivity index (χ0) is 45.0. The third kappa shape index (κ3) is 6.82. The first-order valence-corrected chi connectivity index (χ1v) is 23.3. The number of anilines is 3. The zero-order valence-corrected chi connectivity index (χ0v) is 37.2. The Bertz CT molecular complexity index is 3980. The molecule has 68 heavy (non-hydrogen) atoms. The number of hydrogen-bond acceptors (Lipinski definition) is 2. The number of fused-ring (bicyclic) bond motifs is 7. The molecule has 0 aliphatic heterocycles. The van der Waals surface area contributed by atoms with Crippen LogP contribution in [0, 0.1) is 0 Å². The van der Waals surface area contributed by atoms with E-state index in [4.69, 9.17) is 4.42 Å². The fourth-order valence-electron chi connectivity index (χ4n) is 10.4. The molecule has 1 heterocycles. The number of hydrogen-bond donors (Lipinski definition) is 0. The summed E-state index contributed by atoms with van der Waals surface area (Å²) in [5.74, 6) is 0. The standard InChI is InChI=1S/C66H43NO/c1-3-15-49(16-4-1)64-60-22-10-9-20-57(60)58-41-40-55(43-62(58)65(64)50-17-5-2-6-18-50)67(54-38-34-48(35-39-54)56-23-13-24-61-59-21-11-12-25-63(59)68-66(56)61)53-36-32-46(33-37-53)45-26-28-47(29-27-45)52-31-30-44-14-7-8-19-51(44)42-52/h1-43H. The van der Waals surface area contributed by atoms with Gasteiger partial charge in [-0.05, 0) is 131 Å². The van der Waals surface area contributed by atoms with Gasteiger partial charge in [-0.3, -0.25) is 0 Å². The van der Waals surface area contributed by atoms with Crippen molar-refractivity contribution in [1.29, 1.82) is 0 Å². The van der Waals surface area contributed by atoms with Crippen LogP contribution in [0.4, 0.5) is 17.1 Å². The maximum Gasteiger partial charge on any atom is 0.143 e. The predicted molar refractivity (Wildman–Crippen MR) is 288 cm³/mol. The maximum absolute atomic E-state index is 6.50. The van der Waals surface area contributed by atoms with Crippen LogP contribution in [0.3, 0.4) is 0 Å². The first-order chi connectivity index (χ1) is 33.7. The largest absolute Gasteiger partial charge is 0.455 e. The monoisotopic (exact) mass is 865 g/mol. The van der Waals surface area contributed by atoms with E-state index in [1.807, 2.05) is 12.1 Å². The Kier molecular flexibility index (Phi) is 9.54. The summed E-state index contributed by atoms with van der Waals surface area (Å²) in [4.78, 5) is 2.39. The van der Waals surface area contributed by atoms with Crippen LogP contribution >= 0.6 is 0 Å². The van der Waals surface area contributed by atoms with Gasteiger partial charge in [-0.15, -0.1) is 0 Å². The zero-order valence-electron chi connectivity index (χ0n) is 37.2. The van der Waals surface area contributed by atoms with E-state index in [1.54, 1.807) is 0 Å². The van der Waals surface area contributed by atoms with Crippen LogP contribution in [0.5, 0.6) is 0 Å². The minimum absolute atomic E-state index is 0.899. The van der Waals surface area contributed by atoms with Crippen molar-refractivity contribution in [2.45, 2.75) is 0 Å². The van der Waals surface area contributed by atoms with Gasteiger partial charge < -0.3 is 9.32 Å².